The number of hydrogen-bond acceptors (Lipinski definition) is 4. The minimum Gasteiger partial charge on any atom is -0.370 e. The fraction of sp³-hybridized carbons (Fsp3) is 0.476. The molecule has 0 saturated carbocycles. The first-order valence-electron chi connectivity index (χ1n) is 9.81. The van der Waals surface area contributed by atoms with Crippen LogP contribution in [0.4, 0.5) is 5.95 Å². The van der Waals surface area contributed by atoms with Crippen molar-refractivity contribution >= 4 is 35.9 Å². The lowest BCUT2D eigenvalue weighted by Crippen LogP contribution is -2.51. The zero-order valence-electron chi connectivity index (χ0n) is 16.4. The van der Waals surface area contributed by atoms with E-state index in [1.54, 1.807) is 12.4 Å². The lowest BCUT2D eigenvalue weighted by Gasteiger charge is -2.37. The Balaban J connectivity index is 0.00000225. The largest absolute Gasteiger partial charge is 0.370 e. The van der Waals surface area contributed by atoms with Crippen LogP contribution < -0.4 is 10.6 Å². The van der Waals surface area contributed by atoms with Gasteiger partial charge in [0.25, 0.3) is 0 Å². The van der Waals surface area contributed by atoms with Gasteiger partial charge in [-0.1, -0.05) is 31.2 Å². The van der Waals surface area contributed by atoms with Gasteiger partial charge >= 0.3 is 0 Å². The molecule has 1 aliphatic carbocycles. The Hall–Kier alpha value is -1.90. The number of nitrogens with two attached hydrogens (primary N) is 1. The quantitative estimate of drug-likeness (QED) is 0.406. The zero-order valence-corrected chi connectivity index (χ0v) is 18.8. The van der Waals surface area contributed by atoms with E-state index >= 15 is 0 Å². The highest BCUT2D eigenvalue weighted by atomic mass is 127. The smallest absolute Gasteiger partial charge is 0.225 e. The predicted molar refractivity (Wildman–Crippen MR) is 124 cm³/mol. The van der Waals surface area contributed by atoms with Crippen molar-refractivity contribution in [2.24, 2.45) is 10.7 Å². The van der Waals surface area contributed by atoms with Gasteiger partial charge in [0.1, 0.15) is 0 Å². The van der Waals surface area contributed by atoms with Crippen LogP contribution in [0, 0.1) is 0 Å². The van der Waals surface area contributed by atoms with Gasteiger partial charge in [-0.3, -0.25) is 4.99 Å². The molecule has 2 aliphatic rings. The van der Waals surface area contributed by atoms with Crippen molar-refractivity contribution in [2.45, 2.75) is 31.6 Å². The lowest BCUT2D eigenvalue weighted by atomic mass is 9.71. The Bertz CT molecular complexity index is 804. The summed E-state index contributed by atoms with van der Waals surface area (Å²) in [5.41, 5.74) is 9.35. The second-order valence-electron chi connectivity index (χ2n) is 7.77. The summed E-state index contributed by atoms with van der Waals surface area (Å²) < 4.78 is 0. The highest BCUT2D eigenvalue weighted by Gasteiger charge is 2.32. The molecule has 1 aromatic carbocycles. The molecule has 1 saturated heterocycles. The molecule has 2 N–H and O–H groups in total. The Morgan fingerprint density at radius 1 is 1.11 bits per heavy atom. The average Bonchev–Trinajstić information content (AvgIpc) is 2.73. The second kappa shape index (κ2) is 9.07. The molecule has 6 nitrogen and oxygen atoms in total. The van der Waals surface area contributed by atoms with Crippen LogP contribution in [-0.2, 0) is 11.8 Å². The molecule has 1 aliphatic heterocycles. The van der Waals surface area contributed by atoms with Crippen molar-refractivity contribution in [1.29, 1.82) is 0 Å². The third-order valence-corrected chi connectivity index (χ3v) is 5.87. The monoisotopic (exact) mass is 492 g/mol. The zero-order chi connectivity index (χ0) is 18.7. The maximum absolute atomic E-state index is 6.35. The molecule has 0 bridgehead atoms. The van der Waals surface area contributed by atoms with E-state index in [9.17, 15) is 0 Å². The highest BCUT2D eigenvalue weighted by Crippen LogP contribution is 2.37. The third-order valence-electron chi connectivity index (χ3n) is 5.87. The number of aromatic nitrogens is 2. The Labute approximate surface area is 184 Å². The summed E-state index contributed by atoms with van der Waals surface area (Å²) in [6, 6.07) is 10.6. The number of piperazine rings is 1. The summed E-state index contributed by atoms with van der Waals surface area (Å²) in [6.45, 7) is 6.49. The maximum Gasteiger partial charge on any atom is 0.225 e. The summed E-state index contributed by atoms with van der Waals surface area (Å²) in [4.78, 5) is 17.9. The van der Waals surface area contributed by atoms with Gasteiger partial charge in [0, 0.05) is 44.0 Å². The van der Waals surface area contributed by atoms with Crippen molar-refractivity contribution in [1.82, 2.24) is 14.9 Å². The van der Waals surface area contributed by atoms with Gasteiger partial charge in [0.05, 0.1) is 6.54 Å². The molecular weight excluding hydrogens is 463 g/mol. The maximum atomic E-state index is 6.35. The summed E-state index contributed by atoms with van der Waals surface area (Å²) in [6.07, 6.45) is 7.13. The van der Waals surface area contributed by atoms with Gasteiger partial charge in [0.2, 0.25) is 5.95 Å². The van der Waals surface area contributed by atoms with E-state index in [1.165, 1.54) is 30.4 Å². The number of hydrogen-bond donors (Lipinski definition) is 1. The van der Waals surface area contributed by atoms with Crippen molar-refractivity contribution in [3.8, 4) is 0 Å². The molecule has 1 fully saturated rings. The average molecular weight is 492 g/mol. The third kappa shape index (κ3) is 4.39. The Morgan fingerprint density at radius 2 is 1.82 bits per heavy atom. The second-order valence-corrected chi connectivity index (χ2v) is 7.77. The number of halogens is 1. The van der Waals surface area contributed by atoms with Gasteiger partial charge in [0.15, 0.2) is 5.96 Å². The Morgan fingerprint density at radius 3 is 2.57 bits per heavy atom. The first-order valence-corrected chi connectivity index (χ1v) is 9.81. The molecular formula is C21H29IN6. The molecule has 1 aromatic heterocycles. The molecule has 28 heavy (non-hydrogen) atoms. The fourth-order valence-corrected chi connectivity index (χ4v) is 4.24. The number of rotatable bonds is 3. The van der Waals surface area contributed by atoms with Gasteiger partial charge in [-0.2, -0.15) is 0 Å². The Kier molecular flexibility index (Phi) is 6.74. The minimum absolute atomic E-state index is 0. The van der Waals surface area contributed by atoms with Crippen LogP contribution in [0.2, 0.25) is 0 Å². The van der Waals surface area contributed by atoms with E-state index in [0.717, 1.165) is 38.7 Å². The molecule has 0 spiro atoms. The number of fused-ring (bicyclic) bond motifs is 1. The highest BCUT2D eigenvalue weighted by molar-refractivity contribution is 14.0. The number of anilines is 1. The van der Waals surface area contributed by atoms with Crippen LogP contribution in [0.15, 0.2) is 47.7 Å². The van der Waals surface area contributed by atoms with Gasteiger partial charge in [-0.05, 0) is 36.5 Å². The van der Waals surface area contributed by atoms with Crippen molar-refractivity contribution < 1.29 is 0 Å². The number of aryl methyl sites for hydroxylation is 1. The molecule has 0 amide bonds. The van der Waals surface area contributed by atoms with E-state index < -0.39 is 0 Å². The molecule has 0 radical (unpaired) electrons. The van der Waals surface area contributed by atoms with Crippen LogP contribution in [-0.4, -0.2) is 53.6 Å². The number of guanidine groups is 1. The SMILES string of the molecule is CC1(CN=C(N)N2CCN(c3ncccn3)CC2)CCCc2ccccc21.I. The molecule has 2 heterocycles. The van der Waals surface area contributed by atoms with Crippen LogP contribution in [0.3, 0.4) is 0 Å². The molecule has 1 atom stereocenters. The van der Waals surface area contributed by atoms with Gasteiger partial charge in [-0.15, -0.1) is 24.0 Å². The number of aliphatic imine (C=N–C) groups is 1. The lowest BCUT2D eigenvalue weighted by molar-refractivity contribution is 0.369. The van der Waals surface area contributed by atoms with Gasteiger partial charge < -0.3 is 15.5 Å². The van der Waals surface area contributed by atoms with E-state index in [1.807, 2.05) is 6.07 Å². The van der Waals surface area contributed by atoms with Crippen molar-refractivity contribution in [3.05, 3.63) is 53.9 Å². The van der Waals surface area contributed by atoms with Crippen molar-refractivity contribution in [2.75, 3.05) is 37.6 Å². The van der Waals surface area contributed by atoms with E-state index in [-0.39, 0.29) is 29.4 Å². The fourth-order valence-electron chi connectivity index (χ4n) is 4.24. The van der Waals surface area contributed by atoms with Gasteiger partial charge in [-0.25, -0.2) is 9.97 Å². The molecule has 2 aromatic rings. The minimum atomic E-state index is 0. The van der Waals surface area contributed by atoms with E-state index in [4.69, 9.17) is 10.7 Å². The number of benzene rings is 1. The van der Waals surface area contributed by atoms with Crippen LogP contribution >= 0.6 is 24.0 Å². The predicted octanol–water partition coefficient (Wildman–Crippen LogP) is 2.83. The normalized spacial score (nSPS) is 22.4. The molecule has 150 valence electrons. The summed E-state index contributed by atoms with van der Waals surface area (Å²) >= 11 is 0. The summed E-state index contributed by atoms with van der Waals surface area (Å²) in [5.74, 6) is 1.45. The topological polar surface area (TPSA) is 70.6 Å². The molecule has 4 rings (SSSR count). The number of nitrogens with zero attached hydrogens (tertiary/aromatic N) is 5. The van der Waals surface area contributed by atoms with Crippen LogP contribution in [0.1, 0.15) is 30.9 Å². The first kappa shape index (κ1) is 20.8. The van der Waals surface area contributed by atoms with Crippen LogP contribution in [0.25, 0.3) is 0 Å². The first-order chi connectivity index (χ1) is 13.2. The summed E-state index contributed by atoms with van der Waals surface area (Å²) in [5, 5.41) is 0. The van der Waals surface area contributed by atoms with Crippen LogP contribution in [0.5, 0.6) is 0 Å². The van der Waals surface area contributed by atoms with Crippen molar-refractivity contribution in [3.63, 3.8) is 0 Å². The van der Waals surface area contributed by atoms with E-state index in [0.29, 0.717) is 5.96 Å². The molecule has 7 heteroatoms. The summed E-state index contributed by atoms with van der Waals surface area (Å²) in [7, 11) is 0. The van der Waals surface area contributed by atoms with E-state index in [2.05, 4.69) is 51.0 Å². The molecule has 1 unspecified atom stereocenters. The standard InChI is InChI=1S/C21H28N6.HI/c1-21(9-4-7-17-6-2-3-8-18(17)21)16-25-19(22)26-12-14-27(15-13-26)20-23-10-5-11-24-20;/h2-3,5-6,8,10-11H,4,7,9,12-16H2,1H3,(H2,22,25);1H.